The van der Waals surface area contributed by atoms with Crippen molar-refractivity contribution in [1.29, 1.82) is 0 Å². The number of hydrogen-bond donors (Lipinski definition) is 2. The third kappa shape index (κ3) is 4.06. The van der Waals surface area contributed by atoms with Gasteiger partial charge in [0, 0.05) is 23.5 Å². The van der Waals surface area contributed by atoms with Gasteiger partial charge in [-0.15, -0.1) is 11.3 Å². The van der Waals surface area contributed by atoms with Gasteiger partial charge in [0.05, 0.1) is 18.1 Å². The van der Waals surface area contributed by atoms with Gasteiger partial charge in [-0.05, 0) is 35.9 Å². The summed E-state index contributed by atoms with van der Waals surface area (Å²) in [5.41, 5.74) is 1.34. The minimum Gasteiger partial charge on any atom is -0.392 e. The van der Waals surface area contributed by atoms with E-state index in [0.29, 0.717) is 12.1 Å². The van der Waals surface area contributed by atoms with Gasteiger partial charge in [-0.1, -0.05) is 38.1 Å². The van der Waals surface area contributed by atoms with Gasteiger partial charge in [-0.3, -0.25) is 9.59 Å². The van der Waals surface area contributed by atoms with Crippen LogP contribution in [0.15, 0.2) is 41.8 Å². The first kappa shape index (κ1) is 19.6. The van der Waals surface area contributed by atoms with Crippen molar-refractivity contribution in [3.8, 4) is 0 Å². The van der Waals surface area contributed by atoms with Crippen molar-refractivity contribution in [2.24, 2.45) is 5.92 Å². The Morgan fingerprint density at radius 3 is 2.59 bits per heavy atom. The fourth-order valence-electron chi connectivity index (χ4n) is 3.60. The second kappa shape index (κ2) is 8.23. The molecule has 144 valence electrons. The first-order valence-corrected chi connectivity index (χ1v) is 10.2. The number of hydrogen-bond acceptors (Lipinski definition) is 4. The highest BCUT2D eigenvalue weighted by molar-refractivity contribution is 7.10. The molecular formula is C21H26N2O3S. The van der Waals surface area contributed by atoms with Gasteiger partial charge in [0.2, 0.25) is 5.91 Å². The molecule has 2 heterocycles. The number of carbonyl (C=O) groups excluding carboxylic acids is 2. The molecule has 2 N–H and O–H groups in total. The molecule has 1 aliphatic rings. The van der Waals surface area contributed by atoms with Crippen LogP contribution in [0.3, 0.4) is 0 Å². The molecule has 5 nitrogen and oxygen atoms in total. The standard InChI is InChI=1S/C21H26N2O3S/c1-13(2)12-23-19(17-9-6-10-27-17)18(20(25)22-11-14(3)24)15-7-4-5-8-16(15)21(23)26/h4-10,13-14,18-19,24H,11-12H2,1-3H3,(H,22,25)/t14-,18+,19-/m1/s1. The van der Waals surface area contributed by atoms with Crippen LogP contribution in [0.2, 0.25) is 0 Å². The third-order valence-corrected chi connectivity index (χ3v) is 5.63. The number of amides is 2. The van der Waals surface area contributed by atoms with Gasteiger partial charge in [0.25, 0.3) is 5.91 Å². The number of rotatable bonds is 6. The van der Waals surface area contributed by atoms with Crippen LogP contribution in [0.1, 0.15) is 53.5 Å². The zero-order valence-electron chi connectivity index (χ0n) is 15.9. The van der Waals surface area contributed by atoms with Crippen LogP contribution >= 0.6 is 11.3 Å². The Hall–Kier alpha value is -2.18. The molecule has 0 unspecified atom stereocenters. The molecule has 2 amide bonds. The van der Waals surface area contributed by atoms with E-state index in [2.05, 4.69) is 19.2 Å². The lowest BCUT2D eigenvalue weighted by Crippen LogP contribution is -2.48. The molecule has 0 saturated heterocycles. The average Bonchev–Trinajstić information content (AvgIpc) is 3.15. The minimum absolute atomic E-state index is 0.0303. The van der Waals surface area contributed by atoms with E-state index in [0.717, 1.165) is 10.4 Å². The SMILES string of the molecule is CC(C)CN1C(=O)c2ccccc2[C@H](C(=O)NC[C@@H](C)O)[C@H]1c1cccs1. The molecule has 0 bridgehead atoms. The van der Waals surface area contributed by atoms with Crippen LogP contribution in [0.5, 0.6) is 0 Å². The number of nitrogens with zero attached hydrogens (tertiary/aromatic N) is 1. The Morgan fingerprint density at radius 1 is 1.22 bits per heavy atom. The Kier molecular flexibility index (Phi) is 5.97. The quantitative estimate of drug-likeness (QED) is 0.801. The summed E-state index contributed by atoms with van der Waals surface area (Å²) in [4.78, 5) is 29.2. The van der Waals surface area contributed by atoms with E-state index >= 15 is 0 Å². The van der Waals surface area contributed by atoms with E-state index in [9.17, 15) is 14.7 Å². The summed E-state index contributed by atoms with van der Waals surface area (Å²) in [5.74, 6) is -0.418. The van der Waals surface area contributed by atoms with E-state index in [4.69, 9.17) is 0 Å². The van der Waals surface area contributed by atoms with E-state index in [1.807, 2.05) is 40.6 Å². The largest absolute Gasteiger partial charge is 0.392 e. The highest BCUT2D eigenvalue weighted by Gasteiger charge is 2.44. The molecule has 1 aromatic heterocycles. The lowest BCUT2D eigenvalue weighted by Gasteiger charge is -2.42. The molecule has 3 rings (SSSR count). The number of benzene rings is 1. The normalized spacial score (nSPS) is 20.5. The summed E-state index contributed by atoms with van der Waals surface area (Å²) in [6.45, 7) is 6.55. The molecule has 0 spiro atoms. The van der Waals surface area contributed by atoms with Gasteiger partial charge in [-0.25, -0.2) is 0 Å². The summed E-state index contributed by atoms with van der Waals surface area (Å²) in [6.07, 6.45) is -0.624. The number of aliphatic hydroxyl groups is 1. The molecule has 1 aromatic carbocycles. The van der Waals surface area contributed by atoms with Crippen molar-refractivity contribution < 1.29 is 14.7 Å². The summed E-state index contributed by atoms with van der Waals surface area (Å²) < 4.78 is 0. The Labute approximate surface area is 164 Å². The Bertz CT molecular complexity index is 802. The number of aliphatic hydroxyl groups excluding tert-OH is 1. The topological polar surface area (TPSA) is 69.6 Å². The summed E-state index contributed by atoms with van der Waals surface area (Å²) in [5, 5.41) is 14.4. The third-order valence-electron chi connectivity index (χ3n) is 4.69. The van der Waals surface area contributed by atoms with Crippen LogP contribution < -0.4 is 5.32 Å². The van der Waals surface area contributed by atoms with Gasteiger partial charge in [-0.2, -0.15) is 0 Å². The maximum atomic E-state index is 13.3. The van der Waals surface area contributed by atoms with E-state index in [1.165, 1.54) is 0 Å². The first-order chi connectivity index (χ1) is 12.9. The van der Waals surface area contributed by atoms with Gasteiger partial charge in [0.1, 0.15) is 0 Å². The van der Waals surface area contributed by atoms with E-state index in [1.54, 1.807) is 24.3 Å². The van der Waals surface area contributed by atoms with E-state index in [-0.39, 0.29) is 30.3 Å². The molecule has 3 atom stereocenters. The van der Waals surface area contributed by atoms with Crippen LogP contribution in [-0.4, -0.2) is 41.0 Å². The zero-order valence-corrected chi connectivity index (χ0v) is 16.7. The van der Waals surface area contributed by atoms with Gasteiger partial charge >= 0.3 is 0 Å². The fraction of sp³-hybridized carbons (Fsp3) is 0.429. The minimum atomic E-state index is -0.624. The van der Waals surface area contributed by atoms with Gasteiger partial charge < -0.3 is 15.3 Å². The summed E-state index contributed by atoms with van der Waals surface area (Å²) in [7, 11) is 0. The van der Waals surface area contributed by atoms with Crippen LogP contribution in [0.4, 0.5) is 0 Å². The van der Waals surface area contributed by atoms with Crippen molar-refractivity contribution in [3.63, 3.8) is 0 Å². The number of thiophene rings is 1. The number of nitrogens with one attached hydrogen (secondary N) is 1. The second-order valence-electron chi connectivity index (χ2n) is 7.47. The molecule has 6 heteroatoms. The zero-order chi connectivity index (χ0) is 19.6. The van der Waals surface area contributed by atoms with Gasteiger partial charge in [0.15, 0.2) is 0 Å². The maximum Gasteiger partial charge on any atom is 0.254 e. The van der Waals surface area contributed by atoms with Crippen LogP contribution in [0.25, 0.3) is 0 Å². The molecule has 1 aliphatic heterocycles. The predicted molar refractivity (Wildman–Crippen MR) is 107 cm³/mol. The van der Waals surface area contributed by atoms with Crippen LogP contribution in [-0.2, 0) is 4.79 Å². The van der Waals surface area contributed by atoms with Crippen molar-refractivity contribution >= 4 is 23.2 Å². The molecule has 27 heavy (non-hydrogen) atoms. The lowest BCUT2D eigenvalue weighted by molar-refractivity contribution is -0.124. The molecular weight excluding hydrogens is 360 g/mol. The molecule has 0 fully saturated rings. The van der Waals surface area contributed by atoms with Crippen LogP contribution in [0, 0.1) is 5.92 Å². The fourth-order valence-corrected chi connectivity index (χ4v) is 4.48. The van der Waals surface area contributed by atoms with Crippen molar-refractivity contribution in [1.82, 2.24) is 10.2 Å². The van der Waals surface area contributed by atoms with E-state index < -0.39 is 12.0 Å². The first-order valence-electron chi connectivity index (χ1n) is 9.29. The molecule has 0 aliphatic carbocycles. The highest BCUT2D eigenvalue weighted by Crippen LogP contribution is 2.44. The van der Waals surface area contributed by atoms with Crippen molar-refractivity contribution in [2.75, 3.05) is 13.1 Å². The number of fused-ring (bicyclic) bond motifs is 1. The monoisotopic (exact) mass is 386 g/mol. The lowest BCUT2D eigenvalue weighted by atomic mass is 9.81. The molecule has 2 aromatic rings. The molecule has 0 saturated carbocycles. The smallest absolute Gasteiger partial charge is 0.254 e. The highest BCUT2D eigenvalue weighted by atomic mass is 32.1. The number of carbonyl (C=O) groups is 2. The summed E-state index contributed by atoms with van der Waals surface area (Å²) in [6, 6.07) is 11.0. The average molecular weight is 387 g/mol. The predicted octanol–water partition coefficient (Wildman–Crippen LogP) is 3.18. The Balaban J connectivity index is 2.10. The maximum absolute atomic E-state index is 13.3. The Morgan fingerprint density at radius 2 is 1.96 bits per heavy atom. The summed E-state index contributed by atoms with van der Waals surface area (Å²) >= 11 is 1.56. The second-order valence-corrected chi connectivity index (χ2v) is 8.45. The molecule has 0 radical (unpaired) electrons. The van der Waals surface area contributed by atoms with Crippen molar-refractivity contribution in [3.05, 3.63) is 57.8 Å². The van der Waals surface area contributed by atoms with Crippen molar-refractivity contribution in [2.45, 2.75) is 38.8 Å².